The molecule has 0 aromatic rings. The fourth-order valence-electron chi connectivity index (χ4n) is 2.86. The van der Waals surface area contributed by atoms with Gasteiger partial charge in [-0.25, -0.2) is 0 Å². The van der Waals surface area contributed by atoms with Crippen LogP contribution in [0.2, 0.25) is 0 Å². The van der Waals surface area contributed by atoms with Gasteiger partial charge in [0, 0.05) is 19.0 Å². The van der Waals surface area contributed by atoms with E-state index in [1.165, 1.54) is 5.57 Å². The molecule has 0 aromatic heterocycles. The first-order chi connectivity index (χ1) is 9.24. The van der Waals surface area contributed by atoms with E-state index in [-0.39, 0.29) is 0 Å². The largest absolute Gasteiger partial charge is 0.493 e. The third-order valence-electron chi connectivity index (χ3n) is 3.97. The number of likely N-dealkylation sites (tertiary alicyclic amines) is 1. The molecule has 3 nitrogen and oxygen atoms in total. The van der Waals surface area contributed by atoms with Crippen LogP contribution in [0, 0.1) is 5.92 Å². The highest BCUT2D eigenvalue weighted by Crippen LogP contribution is 2.25. The van der Waals surface area contributed by atoms with Crippen molar-refractivity contribution in [1.29, 1.82) is 0 Å². The van der Waals surface area contributed by atoms with Crippen LogP contribution in [0.25, 0.3) is 0 Å². The molecule has 0 radical (unpaired) electrons. The third kappa shape index (κ3) is 3.57. The van der Waals surface area contributed by atoms with Crippen molar-refractivity contribution in [2.45, 2.75) is 32.7 Å². The topological polar surface area (TPSA) is 29.5 Å². The predicted octanol–water partition coefficient (Wildman–Crippen LogP) is 2.70. The molecule has 2 saturated heterocycles. The van der Waals surface area contributed by atoms with Crippen molar-refractivity contribution in [2.24, 2.45) is 5.92 Å². The molecule has 2 aliphatic rings. The van der Waals surface area contributed by atoms with E-state index in [1.807, 2.05) is 0 Å². The van der Waals surface area contributed by atoms with Gasteiger partial charge in [0.2, 0.25) is 0 Å². The second kappa shape index (κ2) is 6.71. The maximum Gasteiger partial charge on any atom is 0.133 e. The Bertz CT molecular complexity index is 409. The summed E-state index contributed by atoms with van der Waals surface area (Å²) in [5, 5.41) is 0. The van der Waals surface area contributed by atoms with Gasteiger partial charge in [0.25, 0.3) is 0 Å². The molecule has 2 unspecified atom stereocenters. The van der Waals surface area contributed by atoms with Gasteiger partial charge in [-0.3, -0.25) is 4.90 Å². The van der Waals surface area contributed by atoms with Crippen LogP contribution in [-0.4, -0.2) is 36.9 Å². The zero-order valence-corrected chi connectivity index (χ0v) is 11.8. The van der Waals surface area contributed by atoms with E-state index in [0.717, 1.165) is 38.0 Å². The van der Waals surface area contributed by atoms with Crippen LogP contribution in [-0.2, 0) is 9.53 Å². The summed E-state index contributed by atoms with van der Waals surface area (Å²) in [6.07, 6.45) is 11.7. The molecule has 0 amide bonds. The Morgan fingerprint density at radius 3 is 3.05 bits per heavy atom. The number of allylic oxidation sites excluding steroid dienone is 4. The summed E-state index contributed by atoms with van der Waals surface area (Å²) in [6, 6.07) is 0.501. The second-order valence-corrected chi connectivity index (χ2v) is 5.29. The standard InChI is InChI=1S/C16H23NO2/c1-3-15-7-10-19-16(15)6-4-5-14-11-13(2)17(12-14)8-9-18/h3-6,9,13-14H,7-8,10-12H2,1-2H3/b5-4+,15-3-,16-6+. The van der Waals surface area contributed by atoms with Crippen molar-refractivity contribution in [3.8, 4) is 0 Å². The monoisotopic (exact) mass is 261 g/mol. The highest BCUT2D eigenvalue weighted by atomic mass is 16.5. The van der Waals surface area contributed by atoms with Gasteiger partial charge < -0.3 is 9.53 Å². The van der Waals surface area contributed by atoms with E-state index in [0.29, 0.717) is 18.5 Å². The predicted molar refractivity (Wildman–Crippen MR) is 76.8 cm³/mol. The average molecular weight is 261 g/mol. The minimum Gasteiger partial charge on any atom is -0.493 e. The molecular weight excluding hydrogens is 238 g/mol. The smallest absolute Gasteiger partial charge is 0.133 e. The van der Waals surface area contributed by atoms with Crippen LogP contribution in [0.5, 0.6) is 0 Å². The summed E-state index contributed by atoms with van der Waals surface area (Å²) in [5.74, 6) is 1.55. The lowest BCUT2D eigenvalue weighted by atomic mass is 10.1. The van der Waals surface area contributed by atoms with E-state index in [1.54, 1.807) is 0 Å². The molecule has 0 saturated carbocycles. The van der Waals surface area contributed by atoms with Crippen LogP contribution < -0.4 is 0 Å². The second-order valence-electron chi connectivity index (χ2n) is 5.29. The van der Waals surface area contributed by atoms with Crippen LogP contribution >= 0.6 is 0 Å². The number of nitrogens with zero attached hydrogens (tertiary/aromatic N) is 1. The van der Waals surface area contributed by atoms with E-state index in [2.05, 4.69) is 43.1 Å². The molecule has 2 atom stereocenters. The zero-order chi connectivity index (χ0) is 13.7. The first-order valence-corrected chi connectivity index (χ1v) is 7.09. The minimum absolute atomic E-state index is 0.501. The van der Waals surface area contributed by atoms with Crippen molar-refractivity contribution >= 4 is 6.29 Å². The van der Waals surface area contributed by atoms with Crippen LogP contribution in [0.4, 0.5) is 0 Å². The Hall–Kier alpha value is -1.35. The van der Waals surface area contributed by atoms with Gasteiger partial charge in [0.05, 0.1) is 13.2 Å². The molecule has 2 aliphatic heterocycles. The summed E-state index contributed by atoms with van der Waals surface area (Å²) in [6.45, 7) is 6.58. The summed E-state index contributed by atoms with van der Waals surface area (Å²) >= 11 is 0. The molecule has 3 heteroatoms. The molecule has 0 bridgehead atoms. The van der Waals surface area contributed by atoms with Gasteiger partial charge in [0.15, 0.2) is 0 Å². The lowest BCUT2D eigenvalue weighted by Gasteiger charge is -2.16. The number of hydrogen-bond donors (Lipinski definition) is 0. The zero-order valence-electron chi connectivity index (χ0n) is 11.8. The molecule has 0 spiro atoms. The van der Waals surface area contributed by atoms with Gasteiger partial charge in [-0.15, -0.1) is 0 Å². The Kier molecular flexibility index (Phi) is 4.97. The van der Waals surface area contributed by atoms with Gasteiger partial charge in [-0.05, 0) is 37.8 Å². The highest BCUT2D eigenvalue weighted by Gasteiger charge is 2.26. The SMILES string of the molecule is C/C=C1/CCO/C1=C/C=C/C1CC(C)N(CC=O)C1. The minimum atomic E-state index is 0.501. The Labute approximate surface area is 115 Å². The Morgan fingerprint density at radius 1 is 1.47 bits per heavy atom. The van der Waals surface area contributed by atoms with Gasteiger partial charge in [-0.2, -0.15) is 0 Å². The van der Waals surface area contributed by atoms with Crippen LogP contribution in [0.15, 0.2) is 35.6 Å². The van der Waals surface area contributed by atoms with E-state index in [9.17, 15) is 4.79 Å². The summed E-state index contributed by atoms with van der Waals surface area (Å²) in [7, 11) is 0. The van der Waals surface area contributed by atoms with E-state index in [4.69, 9.17) is 4.74 Å². The molecule has 19 heavy (non-hydrogen) atoms. The molecule has 0 N–H and O–H groups in total. The van der Waals surface area contributed by atoms with Crippen molar-refractivity contribution in [3.63, 3.8) is 0 Å². The molecule has 0 aromatic carbocycles. The molecular formula is C16H23NO2. The lowest BCUT2D eigenvalue weighted by Crippen LogP contribution is -2.28. The van der Waals surface area contributed by atoms with E-state index < -0.39 is 0 Å². The molecule has 104 valence electrons. The van der Waals surface area contributed by atoms with Crippen LogP contribution in [0.1, 0.15) is 26.7 Å². The molecule has 2 heterocycles. The number of ether oxygens (including phenoxy) is 1. The Balaban J connectivity index is 1.90. The lowest BCUT2D eigenvalue weighted by molar-refractivity contribution is -0.109. The van der Waals surface area contributed by atoms with Gasteiger partial charge >= 0.3 is 0 Å². The normalized spacial score (nSPS) is 32.5. The first-order valence-electron chi connectivity index (χ1n) is 7.09. The fourth-order valence-corrected chi connectivity index (χ4v) is 2.86. The molecule has 2 fully saturated rings. The van der Waals surface area contributed by atoms with Crippen molar-refractivity contribution in [3.05, 3.63) is 35.6 Å². The highest BCUT2D eigenvalue weighted by molar-refractivity contribution is 5.52. The number of hydrogen-bond acceptors (Lipinski definition) is 3. The summed E-state index contributed by atoms with van der Waals surface area (Å²) in [5.41, 5.74) is 1.30. The number of rotatable bonds is 4. The number of carbonyl (C=O) groups excluding carboxylic acids is 1. The maximum atomic E-state index is 10.6. The fraction of sp³-hybridized carbons (Fsp3) is 0.562. The third-order valence-corrected chi connectivity index (χ3v) is 3.97. The Morgan fingerprint density at radius 2 is 2.32 bits per heavy atom. The first kappa shape index (κ1) is 14.1. The van der Waals surface area contributed by atoms with Gasteiger partial charge in [-0.1, -0.05) is 18.2 Å². The van der Waals surface area contributed by atoms with Gasteiger partial charge in [0.1, 0.15) is 12.0 Å². The van der Waals surface area contributed by atoms with Crippen molar-refractivity contribution < 1.29 is 9.53 Å². The number of aldehydes is 1. The maximum absolute atomic E-state index is 10.6. The summed E-state index contributed by atoms with van der Waals surface area (Å²) < 4.78 is 5.59. The summed E-state index contributed by atoms with van der Waals surface area (Å²) in [4.78, 5) is 12.8. The average Bonchev–Trinajstić information content (AvgIpc) is 2.98. The quantitative estimate of drug-likeness (QED) is 0.729. The van der Waals surface area contributed by atoms with Crippen molar-refractivity contribution in [2.75, 3.05) is 19.7 Å². The van der Waals surface area contributed by atoms with E-state index >= 15 is 0 Å². The number of carbonyl (C=O) groups is 1. The molecule has 2 rings (SSSR count). The molecule has 0 aliphatic carbocycles. The van der Waals surface area contributed by atoms with Crippen molar-refractivity contribution in [1.82, 2.24) is 4.90 Å². The van der Waals surface area contributed by atoms with Crippen LogP contribution in [0.3, 0.4) is 0 Å².